The van der Waals surface area contributed by atoms with Gasteiger partial charge in [-0.2, -0.15) is 0 Å². The number of amides is 2. The summed E-state index contributed by atoms with van der Waals surface area (Å²) in [4.78, 5) is 29.1. The number of nitrogens with zero attached hydrogens (tertiary/aromatic N) is 2. The molecule has 2 aromatic carbocycles. The zero-order chi connectivity index (χ0) is 21.7. The van der Waals surface area contributed by atoms with Crippen LogP contribution in [0.4, 0.5) is 10.5 Å². The van der Waals surface area contributed by atoms with Crippen LogP contribution < -0.4 is 5.32 Å². The highest BCUT2D eigenvalue weighted by Gasteiger charge is 2.33. The molecule has 1 unspecified atom stereocenters. The van der Waals surface area contributed by atoms with Crippen LogP contribution in [0.1, 0.15) is 36.9 Å². The van der Waals surface area contributed by atoms with Gasteiger partial charge in [0.25, 0.3) is 0 Å². The van der Waals surface area contributed by atoms with Crippen molar-refractivity contribution in [1.82, 2.24) is 9.80 Å². The molecule has 1 aliphatic heterocycles. The Hall–Kier alpha value is -2.57. The number of methoxy groups -OCH3 is 1. The summed E-state index contributed by atoms with van der Waals surface area (Å²) < 4.78 is 5.03. The minimum atomic E-state index is -0.587. The van der Waals surface area contributed by atoms with Crippen LogP contribution in [0.15, 0.2) is 48.5 Å². The highest BCUT2D eigenvalue weighted by molar-refractivity contribution is 6.31. The van der Waals surface area contributed by atoms with Crippen LogP contribution in [0.5, 0.6) is 0 Å². The number of nitrogens with one attached hydrogen (secondary N) is 1. The van der Waals surface area contributed by atoms with Crippen molar-refractivity contribution in [2.24, 2.45) is 0 Å². The van der Waals surface area contributed by atoms with Gasteiger partial charge in [-0.3, -0.25) is 4.90 Å². The van der Waals surface area contributed by atoms with Gasteiger partial charge in [0.2, 0.25) is 0 Å². The monoisotopic (exact) mass is 429 g/mol. The molecule has 0 radical (unpaired) electrons. The van der Waals surface area contributed by atoms with Crippen molar-refractivity contribution >= 4 is 29.3 Å². The van der Waals surface area contributed by atoms with E-state index in [1.54, 1.807) is 11.0 Å². The van der Waals surface area contributed by atoms with Gasteiger partial charge in [-0.25, -0.2) is 9.59 Å². The van der Waals surface area contributed by atoms with Crippen molar-refractivity contribution < 1.29 is 14.3 Å². The molecule has 0 aromatic heterocycles. The standard InChI is InChI=1S/C23H28ClN3O3/c1-16(2)17-8-5-7-11-20(17)25-23(29)27-14-12-26(13-15-27)21(22(28)30-3)18-9-4-6-10-19(18)24/h4-11,16,21H,12-15H2,1-3H3,(H,25,29). The molecule has 2 aromatic rings. The third-order valence-corrected chi connectivity index (χ3v) is 5.76. The number of piperazine rings is 1. The number of urea groups is 1. The first-order valence-electron chi connectivity index (χ1n) is 10.1. The fourth-order valence-corrected chi connectivity index (χ4v) is 4.01. The lowest BCUT2D eigenvalue weighted by atomic mass is 10.0. The maximum atomic E-state index is 12.8. The van der Waals surface area contributed by atoms with E-state index in [2.05, 4.69) is 19.2 Å². The summed E-state index contributed by atoms with van der Waals surface area (Å²) in [5.41, 5.74) is 2.66. The highest BCUT2D eigenvalue weighted by Crippen LogP contribution is 2.30. The van der Waals surface area contributed by atoms with E-state index >= 15 is 0 Å². The lowest BCUT2D eigenvalue weighted by Crippen LogP contribution is -2.52. The Morgan fingerprint density at radius 2 is 1.57 bits per heavy atom. The molecular formula is C23H28ClN3O3. The lowest BCUT2D eigenvalue weighted by molar-refractivity contribution is -0.148. The van der Waals surface area contributed by atoms with Gasteiger partial charge in [0.05, 0.1) is 7.11 Å². The van der Waals surface area contributed by atoms with Crippen LogP contribution in [-0.2, 0) is 9.53 Å². The van der Waals surface area contributed by atoms with Crippen molar-refractivity contribution in [3.63, 3.8) is 0 Å². The molecule has 0 saturated carbocycles. The molecular weight excluding hydrogens is 402 g/mol. The minimum Gasteiger partial charge on any atom is -0.468 e. The molecule has 160 valence electrons. The van der Waals surface area contributed by atoms with Crippen LogP contribution in [-0.4, -0.2) is 55.1 Å². The van der Waals surface area contributed by atoms with Crippen molar-refractivity contribution in [1.29, 1.82) is 0 Å². The molecule has 1 atom stereocenters. The van der Waals surface area contributed by atoms with Crippen LogP contribution in [0.3, 0.4) is 0 Å². The van der Waals surface area contributed by atoms with E-state index in [1.807, 2.05) is 47.4 Å². The molecule has 0 aliphatic carbocycles. The van der Waals surface area contributed by atoms with Gasteiger partial charge >= 0.3 is 12.0 Å². The Morgan fingerprint density at radius 3 is 2.17 bits per heavy atom. The van der Waals surface area contributed by atoms with Crippen molar-refractivity contribution in [3.8, 4) is 0 Å². The van der Waals surface area contributed by atoms with E-state index in [4.69, 9.17) is 16.3 Å². The van der Waals surface area contributed by atoms with E-state index < -0.39 is 6.04 Å². The predicted molar refractivity (Wildman–Crippen MR) is 119 cm³/mol. The maximum Gasteiger partial charge on any atom is 0.327 e. The third kappa shape index (κ3) is 4.94. The Balaban J connectivity index is 1.68. The molecule has 2 amide bonds. The SMILES string of the molecule is COC(=O)C(c1ccccc1Cl)N1CCN(C(=O)Nc2ccccc2C(C)C)CC1. The number of anilines is 1. The summed E-state index contributed by atoms with van der Waals surface area (Å²) in [6.45, 7) is 6.31. The summed E-state index contributed by atoms with van der Waals surface area (Å²) in [6.07, 6.45) is 0. The normalized spacial score (nSPS) is 15.7. The number of carbonyl (C=O) groups is 2. The first kappa shape index (κ1) is 22.1. The van der Waals surface area contributed by atoms with Crippen molar-refractivity contribution in [3.05, 3.63) is 64.7 Å². The minimum absolute atomic E-state index is 0.130. The predicted octanol–water partition coefficient (Wildman–Crippen LogP) is 4.53. The van der Waals surface area contributed by atoms with Crippen LogP contribution in [0.2, 0.25) is 5.02 Å². The van der Waals surface area contributed by atoms with Gasteiger partial charge in [-0.15, -0.1) is 0 Å². The van der Waals surface area contributed by atoms with E-state index in [1.165, 1.54) is 7.11 Å². The van der Waals surface area contributed by atoms with Crippen LogP contribution in [0, 0.1) is 0 Å². The van der Waals surface area contributed by atoms with E-state index in [0.717, 1.165) is 16.8 Å². The number of ether oxygens (including phenoxy) is 1. The molecule has 1 heterocycles. The van der Waals surface area contributed by atoms with E-state index in [9.17, 15) is 9.59 Å². The summed E-state index contributed by atoms with van der Waals surface area (Å²) in [6, 6.07) is 14.4. The third-order valence-electron chi connectivity index (χ3n) is 5.42. The Bertz CT molecular complexity index is 895. The number of benzene rings is 2. The van der Waals surface area contributed by atoms with Gasteiger partial charge in [0, 0.05) is 36.9 Å². The second-order valence-corrected chi connectivity index (χ2v) is 8.05. The van der Waals surface area contributed by atoms with Gasteiger partial charge in [0.1, 0.15) is 6.04 Å². The van der Waals surface area contributed by atoms with Gasteiger partial charge in [0.15, 0.2) is 0 Å². The molecule has 6 nitrogen and oxygen atoms in total. The number of halogens is 1. The average Bonchev–Trinajstić information content (AvgIpc) is 2.75. The van der Waals surface area contributed by atoms with Crippen LogP contribution in [0.25, 0.3) is 0 Å². The largest absolute Gasteiger partial charge is 0.468 e. The Kier molecular flexibility index (Phi) is 7.34. The molecule has 1 N–H and O–H groups in total. The number of carbonyl (C=O) groups excluding carboxylic acids is 2. The first-order valence-corrected chi connectivity index (χ1v) is 10.5. The topological polar surface area (TPSA) is 61.9 Å². The maximum absolute atomic E-state index is 12.8. The lowest BCUT2D eigenvalue weighted by Gasteiger charge is -2.38. The fourth-order valence-electron chi connectivity index (χ4n) is 3.77. The zero-order valence-electron chi connectivity index (χ0n) is 17.6. The average molecular weight is 430 g/mol. The summed E-state index contributed by atoms with van der Waals surface area (Å²) in [5.74, 6) is -0.0401. The van der Waals surface area contributed by atoms with Gasteiger partial charge in [-0.1, -0.05) is 61.8 Å². The van der Waals surface area contributed by atoms with Crippen molar-refractivity contribution in [2.75, 3.05) is 38.6 Å². The number of rotatable bonds is 5. The molecule has 0 bridgehead atoms. The highest BCUT2D eigenvalue weighted by atomic mass is 35.5. The fraction of sp³-hybridized carbons (Fsp3) is 0.391. The number of para-hydroxylation sites is 1. The smallest absolute Gasteiger partial charge is 0.327 e. The summed E-state index contributed by atoms with van der Waals surface area (Å²) in [5, 5.41) is 3.56. The molecule has 1 fully saturated rings. The van der Waals surface area contributed by atoms with E-state index in [-0.39, 0.29) is 12.0 Å². The molecule has 0 spiro atoms. The van der Waals surface area contributed by atoms with E-state index in [0.29, 0.717) is 37.1 Å². The van der Waals surface area contributed by atoms with Crippen LogP contribution >= 0.6 is 11.6 Å². The zero-order valence-corrected chi connectivity index (χ0v) is 18.4. The summed E-state index contributed by atoms with van der Waals surface area (Å²) in [7, 11) is 1.38. The molecule has 3 rings (SSSR count). The summed E-state index contributed by atoms with van der Waals surface area (Å²) >= 11 is 6.34. The molecule has 7 heteroatoms. The van der Waals surface area contributed by atoms with Gasteiger partial charge in [-0.05, 0) is 29.2 Å². The number of esters is 1. The second-order valence-electron chi connectivity index (χ2n) is 7.64. The molecule has 1 aliphatic rings. The number of hydrogen-bond acceptors (Lipinski definition) is 4. The quantitative estimate of drug-likeness (QED) is 0.709. The molecule has 1 saturated heterocycles. The Labute approximate surface area is 182 Å². The molecule has 30 heavy (non-hydrogen) atoms. The first-order chi connectivity index (χ1) is 14.4. The van der Waals surface area contributed by atoms with Crippen molar-refractivity contribution in [2.45, 2.75) is 25.8 Å². The number of hydrogen-bond donors (Lipinski definition) is 1. The second kappa shape index (κ2) is 9.96. The Morgan fingerprint density at radius 1 is 0.967 bits per heavy atom. The van der Waals surface area contributed by atoms with Gasteiger partial charge < -0.3 is 15.0 Å².